The average Bonchev–Trinajstić information content (AvgIpc) is 2.60. The quantitative estimate of drug-likeness (QED) is 0.732. The van der Waals surface area contributed by atoms with Gasteiger partial charge in [0.1, 0.15) is 0 Å². The van der Waals surface area contributed by atoms with Crippen LogP contribution in [0.3, 0.4) is 0 Å². The van der Waals surface area contributed by atoms with Crippen LogP contribution in [0.2, 0.25) is 0 Å². The number of nitrogens with zero attached hydrogens (tertiary/aromatic N) is 1. The molecule has 0 atom stereocenters. The third-order valence-electron chi connectivity index (χ3n) is 4.14. The minimum absolute atomic E-state index is 0.236. The van der Waals surface area contributed by atoms with Gasteiger partial charge in [0.25, 0.3) is 0 Å². The first-order valence-electron chi connectivity index (χ1n) is 8.93. The van der Waals surface area contributed by atoms with Crippen LogP contribution in [-0.4, -0.2) is 31.7 Å². The van der Waals surface area contributed by atoms with Crippen molar-refractivity contribution >= 4 is 27.7 Å². The Bertz CT molecular complexity index is 908. The monoisotopic (exact) mass is 386 g/mol. The molecule has 2 aromatic rings. The standard InChI is InChI=1S/C21H26N2O3S/c1-5-23(6-2)27(25,26)20-10-7-18(8-11-20)9-12-21(24)22-19-14-16(3)13-17(4)15-19/h7-15H,5-6H2,1-4H3,(H,22,24)/b12-9+. The lowest BCUT2D eigenvalue weighted by Crippen LogP contribution is -2.30. The second-order valence-corrected chi connectivity index (χ2v) is 8.30. The highest BCUT2D eigenvalue weighted by molar-refractivity contribution is 7.89. The zero-order valence-corrected chi connectivity index (χ0v) is 17.0. The van der Waals surface area contributed by atoms with Crippen LogP contribution in [0, 0.1) is 13.8 Å². The van der Waals surface area contributed by atoms with E-state index in [9.17, 15) is 13.2 Å². The van der Waals surface area contributed by atoms with Crippen molar-refractivity contribution in [1.29, 1.82) is 0 Å². The van der Waals surface area contributed by atoms with Gasteiger partial charge in [-0.05, 0) is 60.9 Å². The van der Waals surface area contributed by atoms with Crippen molar-refractivity contribution in [3.05, 3.63) is 65.2 Å². The number of nitrogens with one attached hydrogen (secondary N) is 1. The van der Waals surface area contributed by atoms with Crippen molar-refractivity contribution in [2.45, 2.75) is 32.6 Å². The van der Waals surface area contributed by atoms with Crippen molar-refractivity contribution in [2.75, 3.05) is 18.4 Å². The summed E-state index contributed by atoms with van der Waals surface area (Å²) in [5, 5.41) is 2.83. The molecule has 0 unspecified atom stereocenters. The van der Waals surface area contributed by atoms with Gasteiger partial charge in [-0.1, -0.05) is 32.0 Å². The van der Waals surface area contributed by atoms with Gasteiger partial charge in [-0.15, -0.1) is 0 Å². The lowest BCUT2D eigenvalue weighted by Gasteiger charge is -2.18. The topological polar surface area (TPSA) is 66.5 Å². The molecule has 0 spiro atoms. The molecule has 6 heteroatoms. The number of amides is 1. The second-order valence-electron chi connectivity index (χ2n) is 6.36. The molecule has 0 aliphatic heterocycles. The highest BCUT2D eigenvalue weighted by atomic mass is 32.2. The second kappa shape index (κ2) is 8.97. The smallest absolute Gasteiger partial charge is 0.248 e. The van der Waals surface area contributed by atoms with Crippen molar-refractivity contribution in [1.82, 2.24) is 4.31 Å². The summed E-state index contributed by atoms with van der Waals surface area (Å²) in [6.45, 7) is 8.44. The number of hydrogen-bond donors (Lipinski definition) is 1. The van der Waals surface area contributed by atoms with E-state index in [-0.39, 0.29) is 10.8 Å². The Morgan fingerprint density at radius 2 is 1.56 bits per heavy atom. The maximum absolute atomic E-state index is 12.5. The summed E-state index contributed by atoms with van der Waals surface area (Å²) in [6, 6.07) is 12.4. The van der Waals surface area contributed by atoms with Crippen LogP contribution in [0.15, 0.2) is 53.4 Å². The van der Waals surface area contributed by atoms with Gasteiger partial charge >= 0.3 is 0 Å². The van der Waals surface area contributed by atoms with Crippen LogP contribution in [0.4, 0.5) is 5.69 Å². The maximum Gasteiger partial charge on any atom is 0.248 e. The Labute approximate surface area is 161 Å². The van der Waals surface area contributed by atoms with Gasteiger partial charge in [-0.2, -0.15) is 4.31 Å². The maximum atomic E-state index is 12.5. The van der Waals surface area contributed by atoms with E-state index < -0.39 is 10.0 Å². The van der Waals surface area contributed by atoms with E-state index in [1.165, 1.54) is 10.4 Å². The number of aryl methyl sites for hydroxylation is 2. The first-order chi connectivity index (χ1) is 12.8. The Balaban J connectivity index is 2.08. The Morgan fingerprint density at radius 3 is 2.07 bits per heavy atom. The van der Waals surface area contributed by atoms with Gasteiger partial charge in [0.2, 0.25) is 15.9 Å². The van der Waals surface area contributed by atoms with E-state index in [1.54, 1.807) is 30.3 Å². The van der Waals surface area contributed by atoms with Crippen LogP contribution in [0.5, 0.6) is 0 Å². The predicted molar refractivity (Wildman–Crippen MR) is 110 cm³/mol. The van der Waals surface area contributed by atoms with Gasteiger partial charge in [0.05, 0.1) is 4.90 Å². The average molecular weight is 387 g/mol. The summed E-state index contributed by atoms with van der Waals surface area (Å²) >= 11 is 0. The van der Waals surface area contributed by atoms with E-state index >= 15 is 0 Å². The fraction of sp³-hybridized carbons (Fsp3) is 0.286. The molecule has 0 saturated carbocycles. The van der Waals surface area contributed by atoms with Gasteiger partial charge in [-0.25, -0.2) is 8.42 Å². The van der Waals surface area contributed by atoms with Crippen LogP contribution >= 0.6 is 0 Å². The van der Waals surface area contributed by atoms with Crippen molar-refractivity contribution in [2.24, 2.45) is 0 Å². The molecule has 0 radical (unpaired) electrons. The minimum atomic E-state index is -3.47. The molecular weight excluding hydrogens is 360 g/mol. The lowest BCUT2D eigenvalue weighted by molar-refractivity contribution is -0.111. The summed E-state index contributed by atoms with van der Waals surface area (Å²) in [6.07, 6.45) is 3.09. The van der Waals surface area contributed by atoms with E-state index in [2.05, 4.69) is 5.32 Å². The van der Waals surface area contributed by atoms with Crippen LogP contribution in [-0.2, 0) is 14.8 Å². The van der Waals surface area contributed by atoms with Gasteiger partial charge in [-0.3, -0.25) is 4.79 Å². The first kappa shape index (κ1) is 20.9. The van der Waals surface area contributed by atoms with Crippen molar-refractivity contribution in [3.8, 4) is 0 Å². The zero-order valence-electron chi connectivity index (χ0n) is 16.2. The minimum Gasteiger partial charge on any atom is -0.322 e. The molecule has 1 N–H and O–H groups in total. The highest BCUT2D eigenvalue weighted by Gasteiger charge is 2.20. The van der Waals surface area contributed by atoms with Crippen molar-refractivity contribution in [3.63, 3.8) is 0 Å². The first-order valence-corrected chi connectivity index (χ1v) is 10.4. The number of sulfonamides is 1. The van der Waals surface area contributed by atoms with E-state index in [4.69, 9.17) is 0 Å². The molecule has 0 saturated heterocycles. The molecule has 1 amide bonds. The molecule has 0 heterocycles. The van der Waals surface area contributed by atoms with Gasteiger partial charge < -0.3 is 5.32 Å². The summed E-state index contributed by atoms with van der Waals surface area (Å²) < 4.78 is 26.4. The number of carbonyl (C=O) groups excluding carboxylic acids is 1. The third-order valence-corrected chi connectivity index (χ3v) is 6.20. The third kappa shape index (κ3) is 5.52. The van der Waals surface area contributed by atoms with Gasteiger partial charge in [0, 0.05) is 24.9 Å². The highest BCUT2D eigenvalue weighted by Crippen LogP contribution is 2.17. The molecule has 144 valence electrons. The predicted octanol–water partition coefficient (Wildman–Crippen LogP) is 3.99. The summed E-state index contributed by atoms with van der Waals surface area (Å²) in [4.78, 5) is 12.4. The van der Waals surface area contributed by atoms with Gasteiger partial charge in [0.15, 0.2) is 0 Å². The summed E-state index contributed by atoms with van der Waals surface area (Å²) in [5.41, 5.74) is 3.67. The van der Waals surface area contributed by atoms with Crippen LogP contribution in [0.1, 0.15) is 30.5 Å². The Morgan fingerprint density at radius 1 is 1.00 bits per heavy atom. The van der Waals surface area contributed by atoms with E-state index in [1.807, 2.05) is 45.9 Å². The molecule has 0 bridgehead atoms. The number of anilines is 1. The zero-order chi connectivity index (χ0) is 20.0. The summed E-state index contributed by atoms with van der Waals surface area (Å²) in [5.74, 6) is -0.236. The largest absolute Gasteiger partial charge is 0.322 e. The number of rotatable bonds is 7. The lowest BCUT2D eigenvalue weighted by atomic mass is 10.1. The normalized spacial score (nSPS) is 11.9. The van der Waals surface area contributed by atoms with E-state index in [0.717, 1.165) is 22.4 Å². The number of carbonyl (C=O) groups is 1. The fourth-order valence-electron chi connectivity index (χ4n) is 2.87. The Kier molecular flexibility index (Phi) is 6.93. The molecule has 2 rings (SSSR count). The van der Waals surface area contributed by atoms with Crippen molar-refractivity contribution < 1.29 is 13.2 Å². The molecule has 27 heavy (non-hydrogen) atoms. The number of benzene rings is 2. The van der Waals surface area contributed by atoms with Crippen LogP contribution in [0.25, 0.3) is 6.08 Å². The SMILES string of the molecule is CCN(CC)S(=O)(=O)c1ccc(/C=C/C(=O)Nc2cc(C)cc(C)c2)cc1. The van der Waals surface area contributed by atoms with E-state index in [0.29, 0.717) is 13.1 Å². The molecule has 0 fully saturated rings. The molecular formula is C21H26N2O3S. The molecule has 2 aromatic carbocycles. The fourth-order valence-corrected chi connectivity index (χ4v) is 4.32. The van der Waals surface area contributed by atoms with Crippen LogP contribution < -0.4 is 5.32 Å². The summed E-state index contributed by atoms with van der Waals surface area (Å²) in [7, 11) is -3.47. The molecule has 0 aromatic heterocycles. The molecule has 0 aliphatic carbocycles. The molecule has 5 nitrogen and oxygen atoms in total. The Hall–Kier alpha value is -2.44. The molecule has 0 aliphatic rings. The number of hydrogen-bond acceptors (Lipinski definition) is 3.